The molecule has 0 atom stereocenters. The number of carbonyl (C=O) groups excluding carboxylic acids is 2. The number of nitrogens with one attached hydrogen (secondary N) is 2. The Morgan fingerprint density at radius 1 is 1.10 bits per heavy atom. The molecule has 0 fully saturated rings. The van der Waals surface area contributed by atoms with Crippen LogP contribution in [0.3, 0.4) is 0 Å². The lowest BCUT2D eigenvalue weighted by Crippen LogP contribution is -2.49. The third kappa shape index (κ3) is 6.04. The van der Waals surface area contributed by atoms with E-state index in [0.717, 1.165) is 12.8 Å². The van der Waals surface area contributed by atoms with E-state index in [9.17, 15) is 14.4 Å². The minimum atomic E-state index is -0.590. The summed E-state index contributed by atoms with van der Waals surface area (Å²) in [6, 6.07) is 6.61. The van der Waals surface area contributed by atoms with E-state index in [1.165, 1.54) is 4.57 Å². The summed E-state index contributed by atoms with van der Waals surface area (Å²) in [4.78, 5) is 44.2. The Morgan fingerprint density at radius 2 is 1.72 bits per heavy atom. The third-order valence-corrected chi connectivity index (χ3v) is 4.17. The molecule has 158 valence electrons. The Kier molecular flexibility index (Phi) is 7.36. The zero-order valence-electron chi connectivity index (χ0n) is 17.9. The van der Waals surface area contributed by atoms with Crippen LogP contribution in [0.5, 0.6) is 0 Å². The van der Waals surface area contributed by atoms with Crippen LogP contribution in [0.25, 0.3) is 11.0 Å². The molecule has 3 amide bonds. The molecule has 0 bridgehead atoms. The number of rotatable bonds is 7. The zero-order valence-corrected chi connectivity index (χ0v) is 17.9. The first-order chi connectivity index (χ1) is 13.7. The topological polar surface area (TPSA) is 96.3 Å². The Balaban J connectivity index is 2.41. The average Bonchev–Trinajstić information content (AvgIpc) is 2.62. The fourth-order valence-electron chi connectivity index (χ4n) is 3.09. The van der Waals surface area contributed by atoms with Gasteiger partial charge in [0.1, 0.15) is 6.54 Å². The molecule has 1 aromatic heterocycles. The maximum absolute atomic E-state index is 13.2. The second-order valence-electron chi connectivity index (χ2n) is 8.05. The average molecular weight is 402 g/mol. The van der Waals surface area contributed by atoms with Crippen molar-refractivity contribution < 1.29 is 9.59 Å². The summed E-state index contributed by atoms with van der Waals surface area (Å²) >= 11 is 0. The maximum atomic E-state index is 13.2. The summed E-state index contributed by atoms with van der Waals surface area (Å²) in [6.45, 7) is 10.7. The number of benzene rings is 1. The second kappa shape index (κ2) is 9.54. The Labute approximate surface area is 171 Å². The van der Waals surface area contributed by atoms with Crippen LogP contribution in [0, 0.1) is 0 Å². The minimum Gasteiger partial charge on any atom is -0.352 e. The number of carbonyl (C=O) groups is 2. The highest BCUT2D eigenvalue weighted by Gasteiger charge is 2.20. The largest absolute Gasteiger partial charge is 0.352 e. The lowest BCUT2D eigenvalue weighted by Gasteiger charge is -2.23. The number of fused-ring (bicyclic) bond motifs is 1. The normalized spacial score (nSPS) is 11.3. The molecule has 29 heavy (non-hydrogen) atoms. The number of hydrogen-bond acceptors (Lipinski definition) is 5. The number of anilines is 1. The first-order valence-corrected chi connectivity index (χ1v) is 10.0. The van der Waals surface area contributed by atoms with Crippen molar-refractivity contribution in [2.45, 2.75) is 59.5 Å². The SMILES string of the molecule is CCCN(CCC)c1nc2ccccc2n(CC(=O)NC(=O)NC(C)(C)C)c1=O. The van der Waals surface area contributed by atoms with Crippen LogP contribution in [-0.4, -0.2) is 40.1 Å². The number of nitrogens with zero attached hydrogens (tertiary/aromatic N) is 3. The highest BCUT2D eigenvalue weighted by molar-refractivity contribution is 5.95. The Morgan fingerprint density at radius 3 is 2.31 bits per heavy atom. The minimum absolute atomic E-state index is 0.265. The summed E-state index contributed by atoms with van der Waals surface area (Å²) in [5, 5.41) is 4.97. The van der Waals surface area contributed by atoms with E-state index in [4.69, 9.17) is 0 Å². The number of imide groups is 1. The van der Waals surface area contributed by atoms with Crippen LogP contribution in [0.15, 0.2) is 29.1 Å². The summed E-state index contributed by atoms with van der Waals surface area (Å²) in [5.74, 6) is -0.229. The van der Waals surface area contributed by atoms with Gasteiger partial charge < -0.3 is 10.2 Å². The zero-order chi connectivity index (χ0) is 21.6. The molecule has 2 N–H and O–H groups in total. The van der Waals surface area contributed by atoms with Crippen molar-refractivity contribution in [1.29, 1.82) is 0 Å². The van der Waals surface area contributed by atoms with E-state index in [2.05, 4.69) is 15.6 Å². The van der Waals surface area contributed by atoms with Crippen molar-refractivity contribution in [2.24, 2.45) is 0 Å². The third-order valence-electron chi connectivity index (χ3n) is 4.17. The van der Waals surface area contributed by atoms with Crippen LogP contribution >= 0.6 is 0 Å². The van der Waals surface area contributed by atoms with Crippen LogP contribution in [0.1, 0.15) is 47.5 Å². The molecule has 0 saturated carbocycles. The number of hydrogen-bond donors (Lipinski definition) is 2. The molecule has 8 nitrogen and oxygen atoms in total. The Bertz CT molecular complexity index is 924. The lowest BCUT2D eigenvalue weighted by atomic mass is 10.1. The summed E-state index contributed by atoms with van der Waals surface area (Å²) < 4.78 is 1.38. The Hall–Kier alpha value is -2.90. The number of para-hydroxylation sites is 2. The van der Waals surface area contributed by atoms with E-state index in [1.807, 2.05) is 51.7 Å². The molecular weight excluding hydrogens is 370 g/mol. The lowest BCUT2D eigenvalue weighted by molar-refractivity contribution is -0.120. The van der Waals surface area contributed by atoms with Gasteiger partial charge in [0.2, 0.25) is 5.91 Å². The smallest absolute Gasteiger partial charge is 0.321 e. The molecule has 0 aliphatic heterocycles. The van der Waals surface area contributed by atoms with Crippen LogP contribution in [0.2, 0.25) is 0 Å². The van der Waals surface area contributed by atoms with Gasteiger partial charge in [-0.2, -0.15) is 0 Å². The number of aromatic nitrogens is 2. The van der Waals surface area contributed by atoms with Crippen molar-refractivity contribution >= 4 is 28.8 Å². The van der Waals surface area contributed by atoms with Crippen molar-refractivity contribution in [1.82, 2.24) is 20.2 Å². The maximum Gasteiger partial charge on any atom is 0.321 e. The van der Waals surface area contributed by atoms with E-state index in [-0.39, 0.29) is 12.1 Å². The molecule has 0 spiro atoms. The van der Waals surface area contributed by atoms with Crippen molar-refractivity contribution in [2.75, 3.05) is 18.0 Å². The van der Waals surface area contributed by atoms with Crippen molar-refractivity contribution in [3.05, 3.63) is 34.6 Å². The molecule has 2 aromatic rings. The van der Waals surface area contributed by atoms with Gasteiger partial charge in [0, 0.05) is 18.6 Å². The first kappa shape index (κ1) is 22.4. The van der Waals surface area contributed by atoms with Gasteiger partial charge >= 0.3 is 6.03 Å². The van der Waals surface area contributed by atoms with Crippen LogP contribution < -0.4 is 21.1 Å². The molecule has 2 rings (SSSR count). The number of urea groups is 1. The van der Waals surface area contributed by atoms with Gasteiger partial charge in [0.05, 0.1) is 11.0 Å². The van der Waals surface area contributed by atoms with Crippen molar-refractivity contribution in [3.63, 3.8) is 0 Å². The fourth-order valence-corrected chi connectivity index (χ4v) is 3.09. The van der Waals surface area contributed by atoms with Gasteiger partial charge in [0.15, 0.2) is 5.82 Å². The van der Waals surface area contributed by atoms with Gasteiger partial charge in [-0.25, -0.2) is 9.78 Å². The van der Waals surface area contributed by atoms with E-state index < -0.39 is 17.5 Å². The van der Waals surface area contributed by atoms with Crippen molar-refractivity contribution in [3.8, 4) is 0 Å². The van der Waals surface area contributed by atoms with E-state index in [1.54, 1.807) is 12.1 Å². The molecule has 0 aliphatic rings. The molecule has 0 aliphatic carbocycles. The molecule has 0 unspecified atom stereocenters. The van der Waals surface area contributed by atoms with E-state index in [0.29, 0.717) is 29.9 Å². The summed E-state index contributed by atoms with van der Waals surface area (Å²) in [6.07, 6.45) is 1.75. The highest BCUT2D eigenvalue weighted by atomic mass is 16.2. The van der Waals surface area contributed by atoms with E-state index >= 15 is 0 Å². The van der Waals surface area contributed by atoms with Gasteiger partial charge in [-0.1, -0.05) is 26.0 Å². The first-order valence-electron chi connectivity index (χ1n) is 10.0. The van der Waals surface area contributed by atoms with Gasteiger partial charge in [0.25, 0.3) is 5.56 Å². The molecule has 8 heteroatoms. The summed E-state index contributed by atoms with van der Waals surface area (Å²) in [5.41, 5.74) is 0.377. The molecule has 0 radical (unpaired) electrons. The predicted octanol–water partition coefficient (Wildman–Crippen LogP) is 2.65. The number of amides is 3. The van der Waals surface area contributed by atoms with Gasteiger partial charge in [-0.15, -0.1) is 0 Å². The predicted molar refractivity (Wildman–Crippen MR) is 115 cm³/mol. The second-order valence-corrected chi connectivity index (χ2v) is 8.05. The monoisotopic (exact) mass is 401 g/mol. The molecular formula is C21H31N5O3. The van der Waals surface area contributed by atoms with Crippen LogP contribution in [0.4, 0.5) is 10.6 Å². The highest BCUT2D eigenvalue weighted by Crippen LogP contribution is 2.15. The molecule has 1 heterocycles. The standard InChI is InChI=1S/C21H31N5O3/c1-6-12-25(13-7-2)18-19(28)26(16-11-9-8-10-15(16)22-18)14-17(27)23-20(29)24-21(3,4)5/h8-11H,6-7,12-14H2,1-5H3,(H2,23,24,27,29). The van der Waals surface area contributed by atoms with Gasteiger partial charge in [-0.3, -0.25) is 19.5 Å². The molecule has 0 saturated heterocycles. The quantitative estimate of drug-likeness (QED) is 0.743. The van der Waals surface area contributed by atoms with Crippen LogP contribution in [-0.2, 0) is 11.3 Å². The molecule has 1 aromatic carbocycles. The fraction of sp³-hybridized carbons (Fsp3) is 0.524. The summed E-state index contributed by atoms with van der Waals surface area (Å²) in [7, 11) is 0. The van der Waals surface area contributed by atoms with Gasteiger partial charge in [-0.05, 0) is 45.7 Å².